The standard InChI is InChI=1S/C15H24BrFO3Si/c1-15(2,3)21(4,5)19-10-12(9-18)20-14-8-11(16)6-7-13(14)17/h6-8,12,18H,9-10H2,1-5H3/t12-/m1/s1. The first-order chi connectivity index (χ1) is 9.56. The first-order valence-electron chi connectivity index (χ1n) is 6.93. The molecule has 0 saturated carbocycles. The van der Waals surface area contributed by atoms with Gasteiger partial charge in [-0.1, -0.05) is 36.7 Å². The van der Waals surface area contributed by atoms with Crippen LogP contribution in [0.2, 0.25) is 18.1 Å². The Bertz CT molecular complexity index is 474. The highest BCUT2D eigenvalue weighted by Crippen LogP contribution is 2.36. The largest absolute Gasteiger partial charge is 0.483 e. The summed E-state index contributed by atoms with van der Waals surface area (Å²) in [5, 5.41) is 9.50. The van der Waals surface area contributed by atoms with Gasteiger partial charge >= 0.3 is 0 Å². The van der Waals surface area contributed by atoms with Gasteiger partial charge in [-0.05, 0) is 36.3 Å². The van der Waals surface area contributed by atoms with Crippen molar-refractivity contribution in [2.75, 3.05) is 13.2 Å². The minimum absolute atomic E-state index is 0.0774. The van der Waals surface area contributed by atoms with Gasteiger partial charge in [-0.15, -0.1) is 0 Å². The van der Waals surface area contributed by atoms with E-state index in [0.29, 0.717) is 0 Å². The smallest absolute Gasteiger partial charge is 0.192 e. The van der Waals surface area contributed by atoms with Crippen molar-refractivity contribution in [1.82, 2.24) is 0 Å². The van der Waals surface area contributed by atoms with Crippen LogP contribution in [-0.4, -0.2) is 32.7 Å². The molecule has 0 amide bonds. The molecule has 1 rings (SSSR count). The van der Waals surface area contributed by atoms with Crippen molar-refractivity contribution in [3.63, 3.8) is 0 Å². The lowest BCUT2D eigenvalue weighted by Gasteiger charge is -2.37. The summed E-state index contributed by atoms with van der Waals surface area (Å²) in [6.45, 7) is 10.7. The lowest BCUT2D eigenvalue weighted by Crippen LogP contribution is -2.44. The second-order valence-electron chi connectivity index (χ2n) is 6.57. The maximum absolute atomic E-state index is 13.7. The minimum Gasteiger partial charge on any atom is -0.483 e. The first-order valence-corrected chi connectivity index (χ1v) is 10.6. The molecule has 1 aromatic rings. The van der Waals surface area contributed by atoms with Gasteiger partial charge in [0.15, 0.2) is 19.9 Å². The van der Waals surface area contributed by atoms with Crippen molar-refractivity contribution < 1.29 is 18.7 Å². The van der Waals surface area contributed by atoms with E-state index < -0.39 is 20.2 Å². The van der Waals surface area contributed by atoms with Crippen molar-refractivity contribution in [3.8, 4) is 5.75 Å². The predicted octanol–water partition coefficient (Wildman–Crippen LogP) is 4.35. The molecule has 0 aliphatic rings. The normalized spacial score (nSPS) is 14.1. The molecule has 0 aliphatic heterocycles. The van der Waals surface area contributed by atoms with E-state index in [4.69, 9.17) is 9.16 Å². The molecule has 0 spiro atoms. The Hall–Kier alpha value is -0.433. The van der Waals surface area contributed by atoms with Crippen LogP contribution in [-0.2, 0) is 4.43 Å². The van der Waals surface area contributed by atoms with Crippen molar-refractivity contribution in [2.24, 2.45) is 0 Å². The summed E-state index contributed by atoms with van der Waals surface area (Å²) < 4.78 is 25.9. The van der Waals surface area contributed by atoms with Crippen molar-refractivity contribution in [3.05, 3.63) is 28.5 Å². The molecule has 0 bridgehead atoms. The lowest BCUT2D eigenvalue weighted by molar-refractivity contribution is 0.0639. The summed E-state index contributed by atoms with van der Waals surface area (Å²) in [5.74, 6) is -0.341. The average molecular weight is 379 g/mol. The molecule has 0 saturated heterocycles. The quantitative estimate of drug-likeness (QED) is 0.747. The highest BCUT2D eigenvalue weighted by atomic mass is 79.9. The van der Waals surface area contributed by atoms with Gasteiger partial charge in [-0.2, -0.15) is 0 Å². The van der Waals surface area contributed by atoms with Gasteiger partial charge in [0.1, 0.15) is 6.10 Å². The number of aliphatic hydroxyl groups is 1. The average Bonchev–Trinajstić information content (AvgIpc) is 2.37. The molecule has 0 radical (unpaired) electrons. The van der Waals surface area contributed by atoms with Gasteiger partial charge in [0, 0.05) is 4.47 Å². The minimum atomic E-state index is -1.92. The maximum atomic E-state index is 13.7. The van der Waals surface area contributed by atoms with Crippen LogP contribution in [0.15, 0.2) is 22.7 Å². The van der Waals surface area contributed by atoms with E-state index in [1.807, 2.05) is 0 Å². The Labute approximate surface area is 135 Å². The molecular formula is C15H24BrFO3Si. The van der Waals surface area contributed by atoms with Gasteiger partial charge in [-0.25, -0.2) is 4.39 Å². The fourth-order valence-electron chi connectivity index (χ4n) is 1.39. The third-order valence-corrected chi connectivity index (χ3v) is 8.82. The third kappa shape index (κ3) is 5.36. The van der Waals surface area contributed by atoms with Crippen LogP contribution >= 0.6 is 15.9 Å². The van der Waals surface area contributed by atoms with E-state index in [9.17, 15) is 9.50 Å². The molecule has 0 aromatic heterocycles. The van der Waals surface area contributed by atoms with Crippen LogP contribution in [0.5, 0.6) is 5.75 Å². The Morgan fingerprint density at radius 2 is 1.95 bits per heavy atom. The predicted molar refractivity (Wildman–Crippen MR) is 88.8 cm³/mol. The van der Waals surface area contributed by atoms with E-state index >= 15 is 0 Å². The Kier molecular flexibility index (Phi) is 6.40. The molecule has 3 nitrogen and oxygen atoms in total. The molecule has 21 heavy (non-hydrogen) atoms. The van der Waals surface area contributed by atoms with E-state index in [0.717, 1.165) is 4.47 Å². The Morgan fingerprint density at radius 1 is 1.33 bits per heavy atom. The number of halogens is 2. The lowest BCUT2D eigenvalue weighted by atomic mass is 10.2. The number of hydrogen-bond donors (Lipinski definition) is 1. The van der Waals surface area contributed by atoms with Crippen LogP contribution in [0.1, 0.15) is 20.8 Å². The molecule has 0 aliphatic carbocycles. The molecule has 1 aromatic carbocycles. The molecule has 6 heteroatoms. The van der Waals surface area contributed by atoms with Crippen LogP contribution in [0.25, 0.3) is 0 Å². The van der Waals surface area contributed by atoms with Crippen molar-refractivity contribution >= 4 is 24.2 Å². The number of aliphatic hydroxyl groups excluding tert-OH is 1. The summed E-state index contributed by atoms with van der Waals surface area (Å²) in [7, 11) is -1.92. The Morgan fingerprint density at radius 3 is 2.48 bits per heavy atom. The van der Waals surface area contributed by atoms with E-state index in [-0.39, 0.29) is 24.0 Å². The van der Waals surface area contributed by atoms with E-state index in [1.54, 1.807) is 12.1 Å². The summed E-state index contributed by atoms with van der Waals surface area (Å²) in [4.78, 5) is 0. The molecule has 0 unspecified atom stereocenters. The first kappa shape index (κ1) is 18.6. The molecule has 1 N–H and O–H groups in total. The zero-order chi connectivity index (χ0) is 16.3. The number of ether oxygens (including phenoxy) is 1. The van der Waals surface area contributed by atoms with Crippen LogP contribution < -0.4 is 4.74 Å². The maximum Gasteiger partial charge on any atom is 0.192 e. The molecule has 0 fully saturated rings. The summed E-state index contributed by atoms with van der Waals surface area (Å²) in [6, 6.07) is 4.47. The van der Waals surface area contributed by atoms with Gasteiger partial charge in [0.05, 0.1) is 13.2 Å². The number of benzene rings is 1. The molecule has 1 atom stereocenters. The monoisotopic (exact) mass is 378 g/mol. The molecular weight excluding hydrogens is 355 g/mol. The van der Waals surface area contributed by atoms with E-state index in [2.05, 4.69) is 49.8 Å². The van der Waals surface area contributed by atoms with Crippen molar-refractivity contribution in [2.45, 2.75) is 45.0 Å². The second-order valence-corrected chi connectivity index (χ2v) is 12.3. The zero-order valence-electron chi connectivity index (χ0n) is 13.2. The topological polar surface area (TPSA) is 38.7 Å². The molecule has 0 heterocycles. The highest BCUT2D eigenvalue weighted by Gasteiger charge is 2.37. The number of hydrogen-bond acceptors (Lipinski definition) is 3. The van der Waals surface area contributed by atoms with Gasteiger partial charge < -0.3 is 14.3 Å². The van der Waals surface area contributed by atoms with Gasteiger partial charge in [0.2, 0.25) is 0 Å². The number of rotatable bonds is 6. The third-order valence-electron chi connectivity index (χ3n) is 3.83. The SMILES string of the molecule is CC(C)(C)[Si](C)(C)OC[C@@H](CO)Oc1cc(Br)ccc1F. The zero-order valence-corrected chi connectivity index (χ0v) is 15.8. The van der Waals surface area contributed by atoms with Crippen LogP contribution in [0, 0.1) is 5.82 Å². The molecule has 120 valence electrons. The summed E-state index contributed by atoms with van der Waals surface area (Å²) in [6.07, 6.45) is -0.581. The fourth-order valence-corrected chi connectivity index (χ4v) is 2.76. The second kappa shape index (κ2) is 7.22. The summed E-state index contributed by atoms with van der Waals surface area (Å²) >= 11 is 3.27. The Balaban J connectivity index is 2.70. The van der Waals surface area contributed by atoms with Crippen molar-refractivity contribution in [1.29, 1.82) is 0 Å². The van der Waals surface area contributed by atoms with Crippen LogP contribution in [0.3, 0.4) is 0 Å². The highest BCUT2D eigenvalue weighted by molar-refractivity contribution is 9.10. The van der Waals surface area contributed by atoms with Gasteiger partial charge in [-0.3, -0.25) is 0 Å². The fraction of sp³-hybridized carbons (Fsp3) is 0.600. The van der Waals surface area contributed by atoms with Crippen LogP contribution in [0.4, 0.5) is 4.39 Å². The van der Waals surface area contributed by atoms with Gasteiger partial charge in [0.25, 0.3) is 0 Å². The summed E-state index contributed by atoms with van der Waals surface area (Å²) in [5.41, 5.74) is 0. The van der Waals surface area contributed by atoms with E-state index in [1.165, 1.54) is 6.07 Å².